The van der Waals surface area contributed by atoms with Gasteiger partial charge in [-0.3, -0.25) is 10.1 Å². The van der Waals surface area contributed by atoms with Gasteiger partial charge in [-0.05, 0) is 50.2 Å². The van der Waals surface area contributed by atoms with Crippen LogP contribution in [0.5, 0.6) is 0 Å². The number of benzene rings is 2. The Balaban J connectivity index is 1.66. The molecule has 4 aromatic rings. The highest BCUT2D eigenvalue weighted by Crippen LogP contribution is 2.21. The first-order chi connectivity index (χ1) is 12.5. The second-order valence-corrected chi connectivity index (χ2v) is 6.91. The minimum atomic E-state index is -0.234. The maximum Gasteiger partial charge on any atom is 0.261 e. The van der Waals surface area contributed by atoms with E-state index in [0.29, 0.717) is 17.2 Å². The average Bonchev–Trinajstić information content (AvgIpc) is 3.15. The molecule has 2 heterocycles. The van der Waals surface area contributed by atoms with Gasteiger partial charge in [0.25, 0.3) is 5.91 Å². The molecule has 0 aliphatic heterocycles. The standard InChI is InChI=1S/C19H16BrN5O/c1-11-17(12(2)25(24-11)14-9-7-13(20)8-10-14)18(26)23-19-21-15-5-3-4-6-16(15)22-19/h3-10H,1-2H3,(H2,21,22,23,26). The minimum Gasteiger partial charge on any atom is -0.324 e. The van der Waals surface area contributed by atoms with Gasteiger partial charge in [0, 0.05) is 4.47 Å². The Labute approximate surface area is 158 Å². The molecule has 1 amide bonds. The van der Waals surface area contributed by atoms with Crippen LogP contribution in [0.15, 0.2) is 53.0 Å². The number of carbonyl (C=O) groups excluding carboxylic acids is 1. The fourth-order valence-corrected chi connectivity index (χ4v) is 3.25. The average molecular weight is 410 g/mol. The number of anilines is 1. The molecule has 0 saturated carbocycles. The molecule has 2 N–H and O–H groups in total. The van der Waals surface area contributed by atoms with Crippen LogP contribution in [-0.2, 0) is 0 Å². The van der Waals surface area contributed by atoms with Crippen molar-refractivity contribution in [3.8, 4) is 5.69 Å². The minimum absolute atomic E-state index is 0.234. The number of aryl methyl sites for hydroxylation is 1. The molecule has 0 fully saturated rings. The van der Waals surface area contributed by atoms with E-state index in [0.717, 1.165) is 26.9 Å². The summed E-state index contributed by atoms with van der Waals surface area (Å²) in [5, 5.41) is 7.36. The number of carbonyl (C=O) groups is 1. The number of fused-ring (bicyclic) bond motifs is 1. The number of nitrogens with one attached hydrogen (secondary N) is 2. The molecule has 0 unspecified atom stereocenters. The lowest BCUT2D eigenvalue weighted by atomic mass is 10.2. The first kappa shape index (κ1) is 16.5. The number of para-hydroxylation sites is 2. The molecule has 4 rings (SSSR count). The molecule has 7 heteroatoms. The summed E-state index contributed by atoms with van der Waals surface area (Å²) in [6.07, 6.45) is 0. The van der Waals surface area contributed by atoms with Crippen molar-refractivity contribution in [2.24, 2.45) is 0 Å². The molecular formula is C19H16BrN5O. The van der Waals surface area contributed by atoms with E-state index in [1.165, 1.54) is 0 Å². The number of nitrogens with zero attached hydrogens (tertiary/aromatic N) is 3. The highest BCUT2D eigenvalue weighted by molar-refractivity contribution is 9.10. The third-order valence-electron chi connectivity index (χ3n) is 4.21. The Hall–Kier alpha value is -2.93. The summed E-state index contributed by atoms with van der Waals surface area (Å²) in [5.41, 5.74) is 4.58. The van der Waals surface area contributed by atoms with Crippen molar-refractivity contribution in [3.05, 3.63) is 70.0 Å². The van der Waals surface area contributed by atoms with E-state index >= 15 is 0 Å². The van der Waals surface area contributed by atoms with Crippen LogP contribution >= 0.6 is 15.9 Å². The zero-order chi connectivity index (χ0) is 18.3. The lowest BCUT2D eigenvalue weighted by molar-refractivity contribution is 0.102. The summed E-state index contributed by atoms with van der Waals surface area (Å²) in [5.74, 6) is 0.189. The fourth-order valence-electron chi connectivity index (χ4n) is 2.99. The maximum absolute atomic E-state index is 12.8. The molecule has 6 nitrogen and oxygen atoms in total. The molecule has 2 aromatic carbocycles. The number of H-pyrrole nitrogens is 1. The number of aromatic nitrogens is 4. The van der Waals surface area contributed by atoms with Gasteiger partial charge < -0.3 is 4.98 Å². The Morgan fingerprint density at radius 2 is 1.85 bits per heavy atom. The Kier molecular flexibility index (Phi) is 4.08. The van der Waals surface area contributed by atoms with Crippen molar-refractivity contribution >= 4 is 38.8 Å². The van der Waals surface area contributed by atoms with Crippen LogP contribution in [0.2, 0.25) is 0 Å². The SMILES string of the molecule is Cc1nn(-c2ccc(Br)cc2)c(C)c1C(=O)Nc1nc2ccccc2[nH]1. The topological polar surface area (TPSA) is 75.6 Å². The summed E-state index contributed by atoms with van der Waals surface area (Å²) < 4.78 is 2.76. The van der Waals surface area contributed by atoms with Gasteiger partial charge in [0.1, 0.15) is 0 Å². The van der Waals surface area contributed by atoms with Crippen molar-refractivity contribution in [1.82, 2.24) is 19.7 Å². The number of rotatable bonds is 3. The van der Waals surface area contributed by atoms with E-state index in [4.69, 9.17) is 0 Å². The van der Waals surface area contributed by atoms with E-state index in [1.807, 2.05) is 62.4 Å². The van der Waals surface area contributed by atoms with Gasteiger partial charge in [0.05, 0.1) is 33.7 Å². The fraction of sp³-hybridized carbons (Fsp3) is 0.105. The van der Waals surface area contributed by atoms with Gasteiger partial charge in [-0.1, -0.05) is 28.1 Å². The Morgan fingerprint density at radius 1 is 1.12 bits per heavy atom. The first-order valence-electron chi connectivity index (χ1n) is 8.11. The second-order valence-electron chi connectivity index (χ2n) is 5.99. The molecular weight excluding hydrogens is 394 g/mol. The molecule has 0 saturated heterocycles. The summed E-state index contributed by atoms with van der Waals surface area (Å²) >= 11 is 3.43. The molecule has 0 bridgehead atoms. The van der Waals surface area contributed by atoms with Crippen LogP contribution < -0.4 is 5.32 Å². The Morgan fingerprint density at radius 3 is 2.58 bits per heavy atom. The molecule has 130 valence electrons. The molecule has 0 aliphatic carbocycles. The smallest absolute Gasteiger partial charge is 0.261 e. The van der Waals surface area contributed by atoms with Crippen molar-refractivity contribution in [1.29, 1.82) is 0 Å². The van der Waals surface area contributed by atoms with Crippen LogP contribution in [0, 0.1) is 13.8 Å². The predicted molar refractivity (Wildman–Crippen MR) is 105 cm³/mol. The van der Waals surface area contributed by atoms with Crippen molar-refractivity contribution in [2.45, 2.75) is 13.8 Å². The van der Waals surface area contributed by atoms with Gasteiger partial charge in [-0.25, -0.2) is 9.67 Å². The number of hydrogen-bond donors (Lipinski definition) is 2. The normalized spacial score (nSPS) is 11.0. The van der Waals surface area contributed by atoms with Gasteiger partial charge in [-0.2, -0.15) is 5.10 Å². The molecule has 26 heavy (non-hydrogen) atoms. The van der Waals surface area contributed by atoms with Crippen molar-refractivity contribution in [2.75, 3.05) is 5.32 Å². The maximum atomic E-state index is 12.8. The zero-order valence-corrected chi connectivity index (χ0v) is 15.8. The summed E-state index contributed by atoms with van der Waals surface area (Å²) in [6.45, 7) is 3.71. The van der Waals surface area contributed by atoms with Gasteiger partial charge >= 0.3 is 0 Å². The third-order valence-corrected chi connectivity index (χ3v) is 4.74. The molecule has 2 aromatic heterocycles. The first-order valence-corrected chi connectivity index (χ1v) is 8.90. The van der Waals surface area contributed by atoms with Crippen LogP contribution in [-0.4, -0.2) is 25.7 Å². The molecule has 0 aliphatic rings. The van der Waals surface area contributed by atoms with Crippen LogP contribution in [0.25, 0.3) is 16.7 Å². The van der Waals surface area contributed by atoms with Gasteiger partial charge in [-0.15, -0.1) is 0 Å². The lowest BCUT2D eigenvalue weighted by Crippen LogP contribution is -2.15. The highest BCUT2D eigenvalue weighted by Gasteiger charge is 2.20. The van der Waals surface area contributed by atoms with E-state index in [9.17, 15) is 4.79 Å². The largest absolute Gasteiger partial charge is 0.324 e. The van der Waals surface area contributed by atoms with Gasteiger partial charge in [0.2, 0.25) is 5.95 Å². The summed E-state index contributed by atoms with van der Waals surface area (Å²) in [7, 11) is 0. The lowest BCUT2D eigenvalue weighted by Gasteiger charge is -2.05. The van der Waals surface area contributed by atoms with E-state index in [2.05, 4.69) is 36.3 Å². The van der Waals surface area contributed by atoms with Crippen LogP contribution in [0.1, 0.15) is 21.7 Å². The monoisotopic (exact) mass is 409 g/mol. The van der Waals surface area contributed by atoms with E-state index in [1.54, 1.807) is 4.68 Å². The van der Waals surface area contributed by atoms with E-state index in [-0.39, 0.29) is 5.91 Å². The molecule has 0 radical (unpaired) electrons. The Bertz CT molecular complexity index is 1080. The zero-order valence-electron chi connectivity index (χ0n) is 14.2. The quantitative estimate of drug-likeness (QED) is 0.526. The van der Waals surface area contributed by atoms with Gasteiger partial charge in [0.15, 0.2) is 0 Å². The van der Waals surface area contributed by atoms with Crippen molar-refractivity contribution in [3.63, 3.8) is 0 Å². The number of hydrogen-bond acceptors (Lipinski definition) is 3. The summed E-state index contributed by atoms with van der Waals surface area (Å²) in [6, 6.07) is 15.4. The number of halogens is 1. The molecule has 0 atom stereocenters. The number of amides is 1. The number of aromatic amines is 1. The highest BCUT2D eigenvalue weighted by atomic mass is 79.9. The van der Waals surface area contributed by atoms with Crippen LogP contribution in [0.4, 0.5) is 5.95 Å². The van der Waals surface area contributed by atoms with E-state index < -0.39 is 0 Å². The van der Waals surface area contributed by atoms with Crippen molar-refractivity contribution < 1.29 is 4.79 Å². The summed E-state index contributed by atoms with van der Waals surface area (Å²) in [4.78, 5) is 20.3. The predicted octanol–water partition coefficient (Wildman–Crippen LogP) is 4.38. The second kappa shape index (κ2) is 6.42. The van der Waals surface area contributed by atoms with Crippen LogP contribution in [0.3, 0.4) is 0 Å². The number of imidazole rings is 1. The molecule has 0 spiro atoms. The third kappa shape index (κ3) is 2.90.